The predicted molar refractivity (Wildman–Crippen MR) is 148 cm³/mol. The van der Waals surface area contributed by atoms with Crippen molar-refractivity contribution in [2.24, 2.45) is 23.7 Å². The molecular formula is C33H29NO6. The van der Waals surface area contributed by atoms with Gasteiger partial charge in [0.25, 0.3) is 0 Å². The Kier molecular flexibility index (Phi) is 5.87. The number of phenolic OH excluding ortho intramolecular Hbond substituents is 1. The van der Waals surface area contributed by atoms with Crippen LogP contribution in [0.3, 0.4) is 0 Å². The number of ether oxygens (including phenoxy) is 2. The zero-order valence-corrected chi connectivity index (χ0v) is 21.7. The Hall–Kier alpha value is -4.20. The summed E-state index contributed by atoms with van der Waals surface area (Å²) >= 11 is 0. The molecule has 1 saturated carbocycles. The Labute approximate surface area is 231 Å². The molecule has 6 atom stereocenters. The second kappa shape index (κ2) is 9.47. The van der Waals surface area contributed by atoms with Gasteiger partial charge in [-0.15, -0.1) is 0 Å². The molecule has 7 heteroatoms. The van der Waals surface area contributed by atoms with Crippen LogP contribution in [0, 0.1) is 23.7 Å². The lowest BCUT2D eigenvalue weighted by Gasteiger charge is -2.44. The highest BCUT2D eigenvalue weighted by molar-refractivity contribution is 6.22. The first-order valence-corrected chi connectivity index (χ1v) is 13.7. The number of rotatable bonds is 5. The number of carbonyl (C=O) groups is 2. The summed E-state index contributed by atoms with van der Waals surface area (Å²) in [6.45, 7) is 0.135. The minimum absolute atomic E-state index is 0.135. The molecule has 0 aromatic heterocycles. The molecule has 2 saturated heterocycles. The zero-order chi connectivity index (χ0) is 27.4. The molecule has 0 unspecified atom stereocenters. The lowest BCUT2D eigenvalue weighted by Crippen LogP contribution is -2.55. The van der Waals surface area contributed by atoms with E-state index in [1.807, 2.05) is 66.7 Å². The molecule has 0 bridgehead atoms. The van der Waals surface area contributed by atoms with Crippen molar-refractivity contribution in [1.82, 2.24) is 0 Å². The zero-order valence-electron chi connectivity index (χ0n) is 21.7. The Morgan fingerprint density at radius 1 is 0.825 bits per heavy atom. The van der Waals surface area contributed by atoms with Gasteiger partial charge in [-0.3, -0.25) is 14.5 Å². The number of aliphatic hydroxyl groups is 1. The summed E-state index contributed by atoms with van der Waals surface area (Å²) in [6, 6.07) is 29.2. The van der Waals surface area contributed by atoms with Crippen LogP contribution in [-0.4, -0.2) is 34.4 Å². The summed E-state index contributed by atoms with van der Waals surface area (Å²) in [5, 5.41) is 24.2. The number of aromatic hydroxyl groups is 1. The van der Waals surface area contributed by atoms with Gasteiger partial charge in [-0.05, 0) is 54.1 Å². The average Bonchev–Trinajstić information content (AvgIpc) is 3.46. The minimum Gasteiger partial charge on any atom is -0.507 e. The summed E-state index contributed by atoms with van der Waals surface area (Å²) < 4.78 is 12.6. The second-order valence-electron chi connectivity index (χ2n) is 11.0. The van der Waals surface area contributed by atoms with Gasteiger partial charge in [0.15, 0.2) is 5.79 Å². The van der Waals surface area contributed by atoms with E-state index >= 15 is 0 Å². The fourth-order valence-corrected chi connectivity index (χ4v) is 7.00. The van der Waals surface area contributed by atoms with E-state index in [4.69, 9.17) is 9.47 Å². The van der Waals surface area contributed by atoms with Crippen LogP contribution in [0.2, 0.25) is 0 Å². The molecule has 4 aromatic carbocycles. The van der Waals surface area contributed by atoms with E-state index in [1.165, 1.54) is 4.90 Å². The number of carbonyl (C=O) groups excluding carboxylic acids is 2. The molecule has 7 rings (SSSR count). The summed E-state index contributed by atoms with van der Waals surface area (Å²) in [4.78, 5) is 28.9. The third kappa shape index (κ3) is 3.80. The highest BCUT2D eigenvalue weighted by Gasteiger charge is 2.67. The molecule has 3 aliphatic rings. The van der Waals surface area contributed by atoms with Crippen LogP contribution < -0.4 is 9.64 Å². The van der Waals surface area contributed by atoms with Gasteiger partial charge in [-0.2, -0.15) is 0 Å². The summed E-state index contributed by atoms with van der Waals surface area (Å²) in [5.41, 5.74) is 1.36. The summed E-state index contributed by atoms with van der Waals surface area (Å²) in [5.74, 6) is -3.85. The van der Waals surface area contributed by atoms with Crippen molar-refractivity contribution in [3.05, 3.63) is 103 Å². The highest BCUT2D eigenvalue weighted by Crippen LogP contribution is 2.59. The van der Waals surface area contributed by atoms with Gasteiger partial charge in [0, 0.05) is 17.2 Å². The van der Waals surface area contributed by atoms with E-state index in [0.717, 1.165) is 10.9 Å². The van der Waals surface area contributed by atoms with Gasteiger partial charge in [0.1, 0.15) is 11.5 Å². The Balaban J connectivity index is 1.28. The van der Waals surface area contributed by atoms with Gasteiger partial charge < -0.3 is 19.7 Å². The Morgan fingerprint density at radius 2 is 1.50 bits per heavy atom. The van der Waals surface area contributed by atoms with Crippen LogP contribution in [0.15, 0.2) is 97.1 Å². The molecule has 1 aliphatic carbocycles. The number of phenols is 1. The van der Waals surface area contributed by atoms with Crippen molar-refractivity contribution in [1.29, 1.82) is 0 Å². The van der Waals surface area contributed by atoms with E-state index in [1.54, 1.807) is 30.3 Å². The van der Waals surface area contributed by atoms with Crippen LogP contribution in [0.1, 0.15) is 24.5 Å². The van der Waals surface area contributed by atoms with Crippen LogP contribution >= 0.6 is 0 Å². The smallest absolute Gasteiger partial charge is 0.238 e. The molecule has 202 valence electrons. The Morgan fingerprint density at radius 3 is 2.25 bits per heavy atom. The SMILES string of the molecule is O=C1[C@H]2[C@H](C[C@H](COc3ccccc3)[C@@]3(O)O[C@H](c4ccc(O)c5ccccc45)C[C@@H]23)C(=O)N1c1ccccc1. The fourth-order valence-electron chi connectivity index (χ4n) is 7.00. The number of amides is 2. The number of hydrogen-bond donors (Lipinski definition) is 2. The number of imide groups is 1. The normalized spacial score (nSPS) is 29.4. The van der Waals surface area contributed by atoms with Gasteiger partial charge in [-0.1, -0.05) is 66.7 Å². The summed E-state index contributed by atoms with van der Waals surface area (Å²) in [6.07, 6.45) is 0.0874. The van der Waals surface area contributed by atoms with Crippen molar-refractivity contribution in [3.63, 3.8) is 0 Å². The maximum Gasteiger partial charge on any atom is 0.238 e. The molecule has 2 aliphatic heterocycles. The van der Waals surface area contributed by atoms with Crippen molar-refractivity contribution in [2.45, 2.75) is 24.7 Å². The maximum atomic E-state index is 13.9. The molecule has 0 spiro atoms. The molecule has 4 aromatic rings. The number of benzene rings is 4. The summed E-state index contributed by atoms with van der Waals surface area (Å²) in [7, 11) is 0. The first kappa shape index (κ1) is 24.8. The standard InChI is InChI=1S/C33H29NO6/c35-28-16-15-25(23-13-7-8-14-24(23)28)29-18-27-30-26(31(36)34(32(30)37)21-9-3-1-4-10-21)17-20(33(27,38)40-29)19-39-22-11-5-2-6-12-22/h1-16,20,26-27,29-30,35,38H,17-19H2/t20-,26+,27+,29+,30+,33-/m1/s1. The lowest BCUT2D eigenvalue weighted by atomic mass is 9.64. The quantitative estimate of drug-likeness (QED) is 0.341. The molecule has 3 fully saturated rings. The molecule has 2 heterocycles. The van der Waals surface area contributed by atoms with Gasteiger partial charge >= 0.3 is 0 Å². The van der Waals surface area contributed by atoms with Crippen LogP contribution in [0.4, 0.5) is 5.69 Å². The Bertz CT molecular complexity index is 1590. The topological polar surface area (TPSA) is 96.3 Å². The van der Waals surface area contributed by atoms with E-state index in [9.17, 15) is 19.8 Å². The van der Waals surface area contributed by atoms with E-state index < -0.39 is 35.6 Å². The van der Waals surface area contributed by atoms with Crippen LogP contribution in [0.5, 0.6) is 11.5 Å². The van der Waals surface area contributed by atoms with Crippen LogP contribution in [0.25, 0.3) is 10.8 Å². The second-order valence-corrected chi connectivity index (χ2v) is 11.0. The predicted octanol–water partition coefficient (Wildman–Crippen LogP) is 5.22. The van der Waals surface area contributed by atoms with Crippen LogP contribution in [-0.2, 0) is 14.3 Å². The maximum absolute atomic E-state index is 13.9. The minimum atomic E-state index is -1.68. The number of fused-ring (bicyclic) bond motifs is 4. The molecular weight excluding hydrogens is 506 g/mol. The molecule has 7 nitrogen and oxygen atoms in total. The first-order valence-electron chi connectivity index (χ1n) is 13.7. The van der Waals surface area contributed by atoms with Crippen molar-refractivity contribution < 1.29 is 29.3 Å². The van der Waals surface area contributed by atoms with Crippen molar-refractivity contribution in [2.75, 3.05) is 11.5 Å². The highest BCUT2D eigenvalue weighted by atomic mass is 16.6. The molecule has 0 radical (unpaired) electrons. The number of anilines is 1. The van der Waals surface area contributed by atoms with E-state index in [0.29, 0.717) is 23.2 Å². The number of nitrogens with zero attached hydrogens (tertiary/aromatic N) is 1. The molecule has 40 heavy (non-hydrogen) atoms. The molecule has 2 N–H and O–H groups in total. The van der Waals surface area contributed by atoms with Crippen molar-refractivity contribution in [3.8, 4) is 11.5 Å². The third-order valence-corrected chi connectivity index (χ3v) is 8.85. The first-order chi connectivity index (χ1) is 19.5. The average molecular weight is 536 g/mol. The lowest BCUT2D eigenvalue weighted by molar-refractivity contribution is -0.272. The monoisotopic (exact) mass is 535 g/mol. The number of para-hydroxylation sites is 2. The van der Waals surface area contributed by atoms with E-state index in [2.05, 4.69) is 0 Å². The van der Waals surface area contributed by atoms with Crippen molar-refractivity contribution >= 4 is 28.3 Å². The van der Waals surface area contributed by atoms with E-state index in [-0.39, 0.29) is 30.6 Å². The van der Waals surface area contributed by atoms with Gasteiger partial charge in [-0.25, -0.2) is 0 Å². The molecule has 2 amide bonds. The fraction of sp³-hybridized carbons (Fsp3) is 0.273. The van der Waals surface area contributed by atoms with Gasteiger partial charge in [0.05, 0.1) is 30.2 Å². The largest absolute Gasteiger partial charge is 0.507 e. The number of hydrogen-bond acceptors (Lipinski definition) is 6. The van der Waals surface area contributed by atoms with Gasteiger partial charge in [0.2, 0.25) is 11.8 Å². The third-order valence-electron chi connectivity index (χ3n) is 8.85.